The lowest BCUT2D eigenvalue weighted by molar-refractivity contribution is -0.159. The summed E-state index contributed by atoms with van der Waals surface area (Å²) in [5, 5.41) is 10.1. The SMILES string of the molecule is COc1cccc([C@@H](O)[C@H](N)C(=O)OC(C)(C)C)c1. The second-order valence-corrected chi connectivity index (χ2v) is 5.28. The largest absolute Gasteiger partial charge is 0.497 e. The van der Waals surface area contributed by atoms with Gasteiger partial charge in [-0.3, -0.25) is 4.79 Å². The number of rotatable bonds is 4. The van der Waals surface area contributed by atoms with Crippen LogP contribution in [0.25, 0.3) is 0 Å². The highest BCUT2D eigenvalue weighted by Gasteiger charge is 2.29. The highest BCUT2D eigenvalue weighted by Crippen LogP contribution is 2.22. The number of ether oxygens (including phenoxy) is 2. The van der Waals surface area contributed by atoms with Gasteiger partial charge in [0, 0.05) is 0 Å². The van der Waals surface area contributed by atoms with Crippen LogP contribution in [0.1, 0.15) is 32.4 Å². The fourth-order valence-electron chi connectivity index (χ4n) is 1.53. The number of aliphatic hydroxyl groups is 1. The molecule has 0 saturated carbocycles. The van der Waals surface area contributed by atoms with E-state index in [1.54, 1.807) is 45.0 Å². The Labute approximate surface area is 113 Å². The molecule has 0 bridgehead atoms. The molecule has 5 nitrogen and oxygen atoms in total. The van der Waals surface area contributed by atoms with E-state index in [2.05, 4.69) is 0 Å². The standard InChI is InChI=1S/C14H21NO4/c1-14(2,3)19-13(17)11(15)12(16)9-6-5-7-10(8-9)18-4/h5-8,11-12,16H,15H2,1-4H3/t11-,12+/m0/s1. The van der Waals surface area contributed by atoms with E-state index in [1.807, 2.05) is 0 Å². The molecule has 0 saturated heterocycles. The van der Waals surface area contributed by atoms with E-state index < -0.39 is 23.7 Å². The zero-order chi connectivity index (χ0) is 14.6. The minimum atomic E-state index is -1.13. The van der Waals surface area contributed by atoms with E-state index in [-0.39, 0.29) is 0 Å². The normalized spacial score (nSPS) is 14.6. The average molecular weight is 267 g/mol. The summed E-state index contributed by atoms with van der Waals surface area (Å²) in [5.74, 6) is -0.0456. The number of aliphatic hydroxyl groups excluding tert-OH is 1. The fourth-order valence-corrected chi connectivity index (χ4v) is 1.53. The van der Waals surface area contributed by atoms with E-state index in [1.165, 1.54) is 7.11 Å². The Balaban J connectivity index is 2.81. The van der Waals surface area contributed by atoms with Gasteiger partial charge in [0.05, 0.1) is 7.11 Å². The minimum Gasteiger partial charge on any atom is -0.497 e. The first-order valence-electron chi connectivity index (χ1n) is 6.05. The Morgan fingerprint density at radius 2 is 2.00 bits per heavy atom. The van der Waals surface area contributed by atoms with E-state index in [0.717, 1.165) is 0 Å². The van der Waals surface area contributed by atoms with Gasteiger partial charge in [-0.1, -0.05) is 12.1 Å². The topological polar surface area (TPSA) is 81.8 Å². The van der Waals surface area contributed by atoms with Crippen LogP contribution in [0.5, 0.6) is 5.75 Å². The third-order valence-corrected chi connectivity index (χ3v) is 2.45. The van der Waals surface area contributed by atoms with Gasteiger partial charge < -0.3 is 20.3 Å². The molecule has 3 N–H and O–H groups in total. The Morgan fingerprint density at radius 3 is 2.53 bits per heavy atom. The summed E-state index contributed by atoms with van der Waals surface area (Å²) in [6, 6.07) is 5.65. The fraction of sp³-hybridized carbons (Fsp3) is 0.500. The van der Waals surface area contributed by atoms with Gasteiger partial charge in [-0.25, -0.2) is 0 Å². The quantitative estimate of drug-likeness (QED) is 0.806. The number of hydrogen-bond donors (Lipinski definition) is 2. The molecule has 0 heterocycles. The van der Waals surface area contributed by atoms with Gasteiger partial charge in [0.2, 0.25) is 0 Å². The summed E-state index contributed by atoms with van der Waals surface area (Å²) in [4.78, 5) is 11.8. The van der Waals surface area contributed by atoms with Crippen LogP contribution in [0, 0.1) is 0 Å². The van der Waals surface area contributed by atoms with Crippen LogP contribution in [-0.2, 0) is 9.53 Å². The predicted octanol–water partition coefficient (Wildman–Crippen LogP) is 1.40. The van der Waals surface area contributed by atoms with E-state index >= 15 is 0 Å². The van der Waals surface area contributed by atoms with Crippen molar-refractivity contribution in [3.05, 3.63) is 29.8 Å². The summed E-state index contributed by atoms with van der Waals surface area (Å²) < 4.78 is 10.2. The molecule has 0 aliphatic heterocycles. The van der Waals surface area contributed by atoms with E-state index in [4.69, 9.17) is 15.2 Å². The average Bonchev–Trinajstić information content (AvgIpc) is 2.35. The van der Waals surface area contributed by atoms with Crippen LogP contribution in [0.15, 0.2) is 24.3 Å². The molecule has 0 spiro atoms. The monoisotopic (exact) mass is 267 g/mol. The van der Waals surface area contributed by atoms with Crippen LogP contribution >= 0.6 is 0 Å². The number of hydrogen-bond acceptors (Lipinski definition) is 5. The molecule has 1 rings (SSSR count). The smallest absolute Gasteiger partial charge is 0.326 e. The van der Waals surface area contributed by atoms with Gasteiger partial charge >= 0.3 is 5.97 Å². The van der Waals surface area contributed by atoms with Crippen molar-refractivity contribution in [2.45, 2.75) is 38.5 Å². The molecule has 2 atom stereocenters. The Hall–Kier alpha value is -1.59. The summed E-state index contributed by atoms with van der Waals surface area (Å²) in [6.07, 6.45) is -1.13. The third kappa shape index (κ3) is 4.54. The van der Waals surface area contributed by atoms with Gasteiger partial charge in [-0.15, -0.1) is 0 Å². The molecule has 0 unspecified atom stereocenters. The molecular formula is C14H21NO4. The molecule has 19 heavy (non-hydrogen) atoms. The molecule has 1 aromatic carbocycles. The maximum absolute atomic E-state index is 11.8. The molecular weight excluding hydrogens is 246 g/mol. The number of benzene rings is 1. The summed E-state index contributed by atoms with van der Waals surface area (Å²) in [7, 11) is 1.53. The highest BCUT2D eigenvalue weighted by atomic mass is 16.6. The lowest BCUT2D eigenvalue weighted by Gasteiger charge is -2.24. The van der Waals surface area contributed by atoms with Crippen molar-refractivity contribution in [2.75, 3.05) is 7.11 Å². The molecule has 0 aliphatic rings. The zero-order valence-corrected chi connectivity index (χ0v) is 11.7. The first kappa shape index (κ1) is 15.5. The number of carbonyl (C=O) groups excluding carboxylic acids is 1. The molecule has 0 aromatic heterocycles. The number of methoxy groups -OCH3 is 1. The minimum absolute atomic E-state index is 0.512. The van der Waals surface area contributed by atoms with Crippen LogP contribution in [0.3, 0.4) is 0 Å². The third-order valence-electron chi connectivity index (χ3n) is 2.45. The summed E-state index contributed by atoms with van der Waals surface area (Å²) in [5.41, 5.74) is 5.60. The van der Waals surface area contributed by atoms with Crippen molar-refractivity contribution in [1.82, 2.24) is 0 Å². The lowest BCUT2D eigenvalue weighted by Crippen LogP contribution is -2.41. The first-order chi connectivity index (χ1) is 8.74. The molecule has 0 aliphatic carbocycles. The molecule has 0 amide bonds. The number of esters is 1. The molecule has 106 valence electrons. The predicted molar refractivity (Wildman–Crippen MR) is 71.8 cm³/mol. The zero-order valence-electron chi connectivity index (χ0n) is 11.7. The molecule has 1 aromatic rings. The van der Waals surface area contributed by atoms with Gasteiger partial charge in [0.1, 0.15) is 23.5 Å². The van der Waals surface area contributed by atoms with Gasteiger partial charge in [-0.2, -0.15) is 0 Å². The van der Waals surface area contributed by atoms with Crippen molar-refractivity contribution in [1.29, 1.82) is 0 Å². The van der Waals surface area contributed by atoms with E-state index in [0.29, 0.717) is 11.3 Å². The molecule has 0 fully saturated rings. The van der Waals surface area contributed by atoms with Crippen LogP contribution in [0.2, 0.25) is 0 Å². The first-order valence-corrected chi connectivity index (χ1v) is 6.05. The van der Waals surface area contributed by atoms with E-state index in [9.17, 15) is 9.90 Å². The van der Waals surface area contributed by atoms with Crippen LogP contribution in [-0.4, -0.2) is 29.8 Å². The Morgan fingerprint density at radius 1 is 1.37 bits per heavy atom. The molecule has 0 radical (unpaired) electrons. The summed E-state index contributed by atoms with van der Waals surface area (Å²) in [6.45, 7) is 5.24. The van der Waals surface area contributed by atoms with Crippen LogP contribution < -0.4 is 10.5 Å². The highest BCUT2D eigenvalue weighted by molar-refractivity contribution is 5.77. The summed E-state index contributed by atoms with van der Waals surface area (Å²) >= 11 is 0. The van der Waals surface area contributed by atoms with Crippen molar-refractivity contribution in [2.24, 2.45) is 5.73 Å². The molecule has 5 heteroatoms. The second kappa shape index (κ2) is 6.04. The Bertz CT molecular complexity index is 439. The van der Waals surface area contributed by atoms with Gasteiger partial charge in [-0.05, 0) is 38.5 Å². The van der Waals surface area contributed by atoms with Crippen molar-refractivity contribution < 1.29 is 19.4 Å². The van der Waals surface area contributed by atoms with Crippen molar-refractivity contribution in [3.63, 3.8) is 0 Å². The lowest BCUT2D eigenvalue weighted by atomic mass is 10.0. The second-order valence-electron chi connectivity index (χ2n) is 5.28. The maximum atomic E-state index is 11.8. The van der Waals surface area contributed by atoms with Crippen molar-refractivity contribution >= 4 is 5.97 Å². The Kier molecular flexibility index (Phi) is 4.91. The van der Waals surface area contributed by atoms with Gasteiger partial charge in [0.25, 0.3) is 0 Å². The van der Waals surface area contributed by atoms with Gasteiger partial charge in [0.15, 0.2) is 0 Å². The van der Waals surface area contributed by atoms with Crippen LogP contribution in [0.4, 0.5) is 0 Å². The van der Waals surface area contributed by atoms with Crippen molar-refractivity contribution in [3.8, 4) is 5.75 Å². The number of nitrogens with two attached hydrogens (primary N) is 1. The number of carbonyl (C=O) groups is 1. The maximum Gasteiger partial charge on any atom is 0.326 e.